The minimum Gasteiger partial charge on any atom is -0.493 e. The molecule has 0 fully saturated rings. The van der Waals surface area contributed by atoms with Gasteiger partial charge in [0, 0.05) is 5.56 Å². The summed E-state index contributed by atoms with van der Waals surface area (Å²) in [5, 5.41) is 4.01. The Morgan fingerprint density at radius 2 is 1.93 bits per heavy atom. The van der Waals surface area contributed by atoms with Gasteiger partial charge in [0.1, 0.15) is 11.5 Å². The van der Waals surface area contributed by atoms with E-state index in [2.05, 4.69) is 37.4 Å². The minimum atomic E-state index is -0.312. The molecule has 0 radical (unpaired) electrons. The van der Waals surface area contributed by atoms with E-state index in [1.54, 1.807) is 6.21 Å². The number of amides is 1. The Bertz CT molecular complexity index is 785. The van der Waals surface area contributed by atoms with E-state index >= 15 is 0 Å². The van der Waals surface area contributed by atoms with Crippen LogP contribution < -0.4 is 14.9 Å². The van der Waals surface area contributed by atoms with Crippen LogP contribution in [0.25, 0.3) is 0 Å². The largest absolute Gasteiger partial charge is 0.493 e. The van der Waals surface area contributed by atoms with Crippen molar-refractivity contribution in [2.45, 2.75) is 40.0 Å². The number of hydrazone groups is 1. The van der Waals surface area contributed by atoms with Gasteiger partial charge in [0.15, 0.2) is 6.61 Å². The van der Waals surface area contributed by atoms with Gasteiger partial charge < -0.3 is 9.47 Å². The van der Waals surface area contributed by atoms with E-state index in [1.165, 1.54) is 5.56 Å². The van der Waals surface area contributed by atoms with E-state index in [1.807, 2.05) is 43.3 Å². The molecule has 5 nitrogen and oxygen atoms in total. The van der Waals surface area contributed by atoms with E-state index < -0.39 is 0 Å². The van der Waals surface area contributed by atoms with E-state index in [0.29, 0.717) is 12.5 Å². The molecule has 5 heteroatoms. The van der Waals surface area contributed by atoms with Gasteiger partial charge in [-0.15, -0.1) is 0 Å². The van der Waals surface area contributed by atoms with Crippen molar-refractivity contribution in [2.75, 3.05) is 13.2 Å². The first kappa shape index (κ1) is 20.5. The van der Waals surface area contributed by atoms with Crippen LogP contribution in [0.2, 0.25) is 0 Å². The Labute approximate surface area is 161 Å². The van der Waals surface area contributed by atoms with Crippen LogP contribution >= 0.6 is 0 Å². The number of hydrogen-bond donors (Lipinski definition) is 1. The normalized spacial score (nSPS) is 11.0. The van der Waals surface area contributed by atoms with E-state index in [-0.39, 0.29) is 12.5 Å². The summed E-state index contributed by atoms with van der Waals surface area (Å²) in [6, 6.07) is 13.6. The maximum Gasteiger partial charge on any atom is 0.277 e. The van der Waals surface area contributed by atoms with Crippen molar-refractivity contribution in [3.8, 4) is 11.5 Å². The van der Waals surface area contributed by atoms with Gasteiger partial charge in [0.05, 0.1) is 12.8 Å². The topological polar surface area (TPSA) is 59.9 Å². The molecule has 0 atom stereocenters. The average molecular weight is 368 g/mol. The third-order valence-electron chi connectivity index (χ3n) is 4.01. The molecule has 0 unspecified atom stereocenters. The van der Waals surface area contributed by atoms with Gasteiger partial charge in [-0.1, -0.05) is 45.0 Å². The maximum absolute atomic E-state index is 12.0. The molecule has 0 aliphatic rings. The lowest BCUT2D eigenvalue weighted by molar-refractivity contribution is -0.123. The smallest absolute Gasteiger partial charge is 0.277 e. The van der Waals surface area contributed by atoms with Gasteiger partial charge >= 0.3 is 0 Å². The number of nitrogens with zero attached hydrogens (tertiary/aromatic N) is 1. The lowest BCUT2D eigenvalue weighted by Crippen LogP contribution is -2.24. The maximum atomic E-state index is 12.0. The fourth-order valence-corrected chi connectivity index (χ4v) is 2.41. The van der Waals surface area contributed by atoms with Gasteiger partial charge in [-0.05, 0) is 48.6 Å². The highest BCUT2D eigenvalue weighted by molar-refractivity contribution is 5.85. The van der Waals surface area contributed by atoms with Gasteiger partial charge in [-0.2, -0.15) is 5.10 Å². The van der Waals surface area contributed by atoms with Crippen molar-refractivity contribution >= 4 is 12.1 Å². The summed E-state index contributed by atoms with van der Waals surface area (Å²) in [7, 11) is 0. The van der Waals surface area contributed by atoms with Gasteiger partial charge in [0.2, 0.25) is 0 Å². The third-order valence-corrected chi connectivity index (χ3v) is 4.01. The molecular weight excluding hydrogens is 340 g/mol. The fourth-order valence-electron chi connectivity index (χ4n) is 2.41. The van der Waals surface area contributed by atoms with Crippen molar-refractivity contribution in [1.82, 2.24) is 5.43 Å². The molecule has 144 valence electrons. The third kappa shape index (κ3) is 6.44. The molecule has 2 aromatic carbocycles. The summed E-state index contributed by atoms with van der Waals surface area (Å²) >= 11 is 0. The average Bonchev–Trinajstić information content (AvgIpc) is 2.66. The molecule has 0 saturated heterocycles. The van der Waals surface area contributed by atoms with Gasteiger partial charge in [-0.25, -0.2) is 5.43 Å². The first-order chi connectivity index (χ1) is 13.0. The summed E-state index contributed by atoms with van der Waals surface area (Å²) in [4.78, 5) is 12.0. The van der Waals surface area contributed by atoms with Crippen LogP contribution in [0.1, 0.15) is 49.8 Å². The molecule has 2 rings (SSSR count). The van der Waals surface area contributed by atoms with Crippen molar-refractivity contribution in [3.63, 3.8) is 0 Å². The molecule has 0 aliphatic carbocycles. The second kappa shape index (κ2) is 10.4. The van der Waals surface area contributed by atoms with Crippen LogP contribution in [0.3, 0.4) is 0 Å². The van der Waals surface area contributed by atoms with Crippen LogP contribution in [0.5, 0.6) is 11.5 Å². The zero-order chi connectivity index (χ0) is 19.6. The van der Waals surface area contributed by atoms with Crippen LogP contribution in [-0.4, -0.2) is 25.3 Å². The van der Waals surface area contributed by atoms with Gasteiger partial charge in [0.25, 0.3) is 5.91 Å². The zero-order valence-corrected chi connectivity index (χ0v) is 16.5. The Hall–Kier alpha value is -2.82. The highest BCUT2D eigenvalue weighted by atomic mass is 16.5. The number of hydrogen-bond acceptors (Lipinski definition) is 4. The van der Waals surface area contributed by atoms with Crippen molar-refractivity contribution in [2.24, 2.45) is 5.10 Å². The standard InChI is InChI=1S/C22H28N2O3/c1-5-12-26-20-9-7-6-8-19(20)14-23-24-22(25)15-27-21-13-18(16(2)3)11-10-17(21)4/h6-11,13-14,16H,5,12,15H2,1-4H3,(H,24,25)/b23-14-. The summed E-state index contributed by atoms with van der Waals surface area (Å²) < 4.78 is 11.3. The van der Waals surface area contributed by atoms with Crippen molar-refractivity contribution in [1.29, 1.82) is 0 Å². The van der Waals surface area contributed by atoms with Gasteiger partial charge in [-0.3, -0.25) is 4.79 Å². The fraction of sp³-hybridized carbons (Fsp3) is 0.364. The SMILES string of the molecule is CCCOc1ccccc1/C=N\NC(=O)COc1cc(C(C)C)ccc1C. The Morgan fingerprint density at radius 1 is 1.15 bits per heavy atom. The number of rotatable bonds is 9. The molecule has 0 aromatic heterocycles. The molecule has 0 heterocycles. The second-order valence-electron chi connectivity index (χ2n) is 6.65. The second-order valence-corrected chi connectivity index (χ2v) is 6.65. The van der Waals surface area contributed by atoms with Crippen molar-refractivity contribution in [3.05, 3.63) is 59.2 Å². The summed E-state index contributed by atoms with van der Waals surface area (Å²) in [6.45, 7) is 8.81. The minimum absolute atomic E-state index is 0.0896. The molecule has 1 amide bonds. The first-order valence-corrected chi connectivity index (χ1v) is 9.28. The lowest BCUT2D eigenvalue weighted by atomic mass is 10.0. The molecule has 0 bridgehead atoms. The quantitative estimate of drug-likeness (QED) is 0.526. The Kier molecular flexibility index (Phi) is 7.86. The molecule has 1 N–H and O–H groups in total. The summed E-state index contributed by atoms with van der Waals surface area (Å²) in [6.07, 6.45) is 2.50. The molecule has 2 aromatic rings. The first-order valence-electron chi connectivity index (χ1n) is 9.28. The number of benzene rings is 2. The number of carbonyl (C=O) groups excluding carboxylic acids is 1. The number of ether oxygens (including phenoxy) is 2. The monoisotopic (exact) mass is 368 g/mol. The zero-order valence-electron chi connectivity index (χ0n) is 16.5. The number of nitrogens with one attached hydrogen (secondary N) is 1. The lowest BCUT2D eigenvalue weighted by Gasteiger charge is -2.12. The van der Waals surface area contributed by atoms with Crippen LogP contribution in [0.4, 0.5) is 0 Å². The molecular formula is C22H28N2O3. The molecule has 27 heavy (non-hydrogen) atoms. The molecule has 0 aliphatic heterocycles. The number of para-hydroxylation sites is 1. The van der Waals surface area contributed by atoms with Crippen molar-refractivity contribution < 1.29 is 14.3 Å². The van der Waals surface area contributed by atoms with Crippen LogP contribution in [0, 0.1) is 6.92 Å². The highest BCUT2D eigenvalue weighted by Crippen LogP contribution is 2.24. The van der Waals surface area contributed by atoms with Crippen LogP contribution in [0.15, 0.2) is 47.6 Å². The van der Waals surface area contributed by atoms with E-state index in [0.717, 1.165) is 29.0 Å². The Balaban J connectivity index is 1.90. The number of aryl methyl sites for hydroxylation is 1. The highest BCUT2D eigenvalue weighted by Gasteiger charge is 2.07. The molecule has 0 saturated carbocycles. The predicted octanol–water partition coefficient (Wildman–Crippen LogP) is 4.44. The van der Waals surface area contributed by atoms with Crippen LogP contribution in [-0.2, 0) is 4.79 Å². The van der Waals surface area contributed by atoms with E-state index in [4.69, 9.17) is 9.47 Å². The predicted molar refractivity (Wildman–Crippen MR) is 109 cm³/mol. The molecule has 0 spiro atoms. The Morgan fingerprint density at radius 3 is 2.67 bits per heavy atom. The summed E-state index contributed by atoms with van der Waals surface area (Å²) in [5.74, 6) is 1.56. The summed E-state index contributed by atoms with van der Waals surface area (Å²) in [5.41, 5.74) is 5.48. The number of carbonyl (C=O) groups is 1. The van der Waals surface area contributed by atoms with E-state index in [9.17, 15) is 4.79 Å².